The topological polar surface area (TPSA) is 93.5 Å². The zero-order valence-electron chi connectivity index (χ0n) is 20.5. The first-order valence-corrected chi connectivity index (χ1v) is 11.5. The van der Waals surface area contributed by atoms with Gasteiger partial charge in [0, 0.05) is 18.7 Å². The Bertz CT molecular complexity index is 1450. The zero-order valence-corrected chi connectivity index (χ0v) is 20.5. The van der Waals surface area contributed by atoms with Gasteiger partial charge in [-0.2, -0.15) is 8.78 Å². The predicted molar refractivity (Wildman–Crippen MR) is 125 cm³/mol. The maximum absolute atomic E-state index is 14.7. The molecule has 202 valence electrons. The lowest BCUT2D eigenvalue weighted by Gasteiger charge is -2.29. The number of nitrogens with one attached hydrogen (secondary N) is 1. The molecule has 13 heteroatoms. The smallest absolute Gasteiger partial charge is 0.410 e. The summed E-state index contributed by atoms with van der Waals surface area (Å²) in [5.74, 6) is -4.82. The van der Waals surface area contributed by atoms with Gasteiger partial charge < -0.3 is 10.1 Å². The van der Waals surface area contributed by atoms with Gasteiger partial charge in [-0.1, -0.05) is 6.07 Å². The molecule has 0 aliphatic carbocycles. The van der Waals surface area contributed by atoms with E-state index < -0.39 is 64.5 Å². The number of aromatic nitrogens is 2. The number of hydrogen-bond donors (Lipinski definition) is 1. The van der Waals surface area contributed by atoms with Crippen LogP contribution in [0.25, 0.3) is 16.6 Å². The Kier molecular flexibility index (Phi) is 7.13. The Morgan fingerprint density at radius 3 is 2.37 bits per heavy atom. The summed E-state index contributed by atoms with van der Waals surface area (Å²) in [5, 5.41) is 1.66. The van der Waals surface area contributed by atoms with Crippen molar-refractivity contribution < 1.29 is 36.3 Å². The second-order valence-electron chi connectivity index (χ2n) is 9.76. The Balaban J connectivity index is 1.94. The average molecular weight is 538 g/mol. The molecule has 2 unspecified atom stereocenters. The van der Waals surface area contributed by atoms with E-state index in [4.69, 9.17) is 4.74 Å². The van der Waals surface area contributed by atoms with Crippen molar-refractivity contribution in [3.63, 3.8) is 0 Å². The maximum atomic E-state index is 14.7. The SMILES string of the molecule is CC(C)(C)OC(=O)N1CC(NC(=O)C(F)F)CC1c1nc2cccc(F)c2c(=O)n1-c1cc(F)cc(F)c1. The largest absolute Gasteiger partial charge is 0.444 e. The lowest BCUT2D eigenvalue weighted by atomic mass is 10.1. The fourth-order valence-electron chi connectivity index (χ4n) is 4.32. The van der Waals surface area contributed by atoms with Crippen LogP contribution in [-0.2, 0) is 9.53 Å². The van der Waals surface area contributed by atoms with Crippen molar-refractivity contribution >= 4 is 22.9 Å². The highest BCUT2D eigenvalue weighted by Crippen LogP contribution is 2.34. The molecule has 1 N–H and O–H groups in total. The molecule has 1 fully saturated rings. The molecule has 8 nitrogen and oxygen atoms in total. The number of carbonyl (C=O) groups excluding carboxylic acids is 2. The van der Waals surface area contributed by atoms with E-state index in [0.29, 0.717) is 6.07 Å². The molecule has 1 aliphatic rings. The zero-order chi connectivity index (χ0) is 27.9. The second-order valence-corrected chi connectivity index (χ2v) is 9.76. The minimum Gasteiger partial charge on any atom is -0.444 e. The van der Waals surface area contributed by atoms with Gasteiger partial charge in [0.15, 0.2) is 0 Å². The summed E-state index contributed by atoms with van der Waals surface area (Å²) < 4.78 is 75.0. The molecule has 2 aromatic carbocycles. The van der Waals surface area contributed by atoms with Gasteiger partial charge >= 0.3 is 12.5 Å². The number of nitrogens with zero attached hydrogens (tertiary/aromatic N) is 3. The number of alkyl halides is 2. The van der Waals surface area contributed by atoms with E-state index in [2.05, 4.69) is 10.3 Å². The quantitative estimate of drug-likeness (QED) is 0.502. The van der Waals surface area contributed by atoms with Gasteiger partial charge in [-0.25, -0.2) is 22.9 Å². The standard InChI is InChI=1S/C25H23F5N4O4/c1-25(2,3)38-24(37)33-11-14(31-22(35)20(29)30)10-18(33)21-32-17-6-4-5-16(28)19(17)23(36)34(21)15-8-12(26)7-13(27)9-15/h4-9,14,18,20H,10-11H2,1-3H3,(H,31,35). The molecule has 1 saturated heterocycles. The Hall–Kier alpha value is -4.03. The predicted octanol–water partition coefficient (Wildman–Crippen LogP) is 4.23. The first kappa shape index (κ1) is 27.0. The van der Waals surface area contributed by atoms with Crippen molar-refractivity contribution in [2.45, 2.75) is 51.3 Å². The molecule has 0 bridgehead atoms. The van der Waals surface area contributed by atoms with Crippen LogP contribution in [0, 0.1) is 17.5 Å². The van der Waals surface area contributed by atoms with Crippen LogP contribution in [0.2, 0.25) is 0 Å². The Morgan fingerprint density at radius 1 is 1.11 bits per heavy atom. The van der Waals surface area contributed by atoms with E-state index in [1.165, 1.54) is 12.1 Å². The fraction of sp³-hybridized carbons (Fsp3) is 0.360. The van der Waals surface area contributed by atoms with Crippen LogP contribution in [-0.4, -0.2) is 51.1 Å². The summed E-state index contributed by atoms with van der Waals surface area (Å²) in [6.45, 7) is 4.48. The fourth-order valence-corrected chi connectivity index (χ4v) is 4.32. The van der Waals surface area contributed by atoms with E-state index in [1.54, 1.807) is 20.8 Å². The summed E-state index contributed by atoms with van der Waals surface area (Å²) in [5.41, 5.74) is -2.44. The van der Waals surface area contributed by atoms with Crippen molar-refractivity contribution in [2.75, 3.05) is 6.54 Å². The number of hydrogen-bond acceptors (Lipinski definition) is 5. The number of fused-ring (bicyclic) bond motifs is 1. The van der Waals surface area contributed by atoms with Gasteiger partial charge in [0.25, 0.3) is 11.5 Å². The van der Waals surface area contributed by atoms with Crippen molar-refractivity contribution in [1.29, 1.82) is 0 Å². The van der Waals surface area contributed by atoms with Gasteiger partial charge in [0.2, 0.25) is 0 Å². The Morgan fingerprint density at radius 2 is 1.76 bits per heavy atom. The van der Waals surface area contributed by atoms with E-state index in [0.717, 1.165) is 27.7 Å². The first-order valence-electron chi connectivity index (χ1n) is 11.5. The molecule has 2 atom stereocenters. The van der Waals surface area contributed by atoms with Crippen LogP contribution < -0.4 is 10.9 Å². The second kappa shape index (κ2) is 10.0. The number of likely N-dealkylation sites (tertiary alicyclic amines) is 1. The average Bonchev–Trinajstić information content (AvgIpc) is 3.20. The highest BCUT2D eigenvalue weighted by atomic mass is 19.3. The molecular formula is C25H23F5N4O4. The van der Waals surface area contributed by atoms with Crippen LogP contribution in [0.5, 0.6) is 0 Å². The molecule has 1 aromatic heterocycles. The van der Waals surface area contributed by atoms with Gasteiger partial charge in [0.1, 0.15) is 34.3 Å². The van der Waals surface area contributed by atoms with Crippen molar-refractivity contribution in [1.82, 2.24) is 19.8 Å². The molecule has 38 heavy (non-hydrogen) atoms. The first-order chi connectivity index (χ1) is 17.7. The van der Waals surface area contributed by atoms with E-state index >= 15 is 0 Å². The lowest BCUT2D eigenvalue weighted by Crippen LogP contribution is -2.42. The van der Waals surface area contributed by atoms with Gasteiger partial charge in [-0.3, -0.25) is 19.1 Å². The molecule has 0 radical (unpaired) electrons. The lowest BCUT2D eigenvalue weighted by molar-refractivity contribution is -0.132. The molecular weight excluding hydrogens is 515 g/mol. The van der Waals surface area contributed by atoms with E-state index in [-0.39, 0.29) is 30.0 Å². The third kappa shape index (κ3) is 5.46. The van der Waals surface area contributed by atoms with Crippen LogP contribution in [0.4, 0.5) is 26.7 Å². The summed E-state index contributed by atoms with van der Waals surface area (Å²) in [4.78, 5) is 43.8. The summed E-state index contributed by atoms with van der Waals surface area (Å²) in [6.07, 6.45) is -4.44. The molecule has 3 aromatic rings. The minimum absolute atomic E-state index is 0.109. The van der Waals surface area contributed by atoms with Gasteiger partial charge in [-0.05, 0) is 51.5 Å². The number of ether oxygens (including phenoxy) is 1. The van der Waals surface area contributed by atoms with Crippen LogP contribution >= 0.6 is 0 Å². The van der Waals surface area contributed by atoms with Crippen molar-refractivity contribution in [3.05, 3.63) is 70.0 Å². The van der Waals surface area contributed by atoms with Crippen LogP contribution in [0.3, 0.4) is 0 Å². The van der Waals surface area contributed by atoms with Crippen molar-refractivity contribution in [3.8, 4) is 5.69 Å². The van der Waals surface area contributed by atoms with Gasteiger partial charge in [0.05, 0.1) is 17.2 Å². The van der Waals surface area contributed by atoms with Crippen molar-refractivity contribution in [2.24, 2.45) is 0 Å². The summed E-state index contributed by atoms with van der Waals surface area (Å²) >= 11 is 0. The third-order valence-corrected chi connectivity index (χ3v) is 5.75. The van der Waals surface area contributed by atoms with E-state index in [9.17, 15) is 36.3 Å². The summed E-state index contributed by atoms with van der Waals surface area (Å²) in [7, 11) is 0. The van der Waals surface area contributed by atoms with Crippen LogP contribution in [0.1, 0.15) is 39.1 Å². The number of benzene rings is 2. The maximum Gasteiger partial charge on any atom is 0.410 e. The molecule has 2 amide bonds. The highest BCUT2D eigenvalue weighted by molar-refractivity contribution is 5.80. The molecule has 0 spiro atoms. The number of halogens is 5. The normalized spacial score (nSPS) is 17.8. The van der Waals surface area contributed by atoms with E-state index in [1.807, 2.05) is 0 Å². The highest BCUT2D eigenvalue weighted by Gasteiger charge is 2.42. The van der Waals surface area contributed by atoms with Crippen LogP contribution in [0.15, 0.2) is 41.2 Å². The molecule has 4 rings (SSSR count). The number of rotatable bonds is 4. The minimum atomic E-state index is -3.32. The molecule has 0 saturated carbocycles. The Labute approximate surface area is 213 Å². The number of amides is 2. The molecule has 1 aliphatic heterocycles. The summed E-state index contributed by atoms with van der Waals surface area (Å²) in [6, 6.07) is 3.67. The third-order valence-electron chi connectivity index (χ3n) is 5.75. The molecule has 2 heterocycles. The van der Waals surface area contributed by atoms with Gasteiger partial charge in [-0.15, -0.1) is 0 Å². The monoisotopic (exact) mass is 538 g/mol. The number of carbonyl (C=O) groups is 2.